The fourth-order valence-electron chi connectivity index (χ4n) is 1.87. The Labute approximate surface area is 101 Å². The molecule has 3 rings (SSSR count). The summed E-state index contributed by atoms with van der Waals surface area (Å²) in [5.41, 5.74) is 1.31. The molecule has 3 aromatic heterocycles. The molecule has 7 heteroatoms. The zero-order chi connectivity index (χ0) is 12.7. The number of imidazole rings is 2. The van der Waals surface area contributed by atoms with Crippen molar-refractivity contribution in [1.82, 2.24) is 19.4 Å². The van der Waals surface area contributed by atoms with Crippen molar-refractivity contribution < 1.29 is 14.3 Å². The molecule has 0 bridgehead atoms. The van der Waals surface area contributed by atoms with Gasteiger partial charge in [-0.3, -0.25) is 4.40 Å². The third kappa shape index (κ3) is 1.41. The number of carbonyl (C=O) groups is 1. The van der Waals surface area contributed by atoms with Crippen LogP contribution in [-0.4, -0.2) is 30.4 Å². The minimum Gasteiger partial charge on any atom is -0.476 e. The summed E-state index contributed by atoms with van der Waals surface area (Å²) in [6.07, 6.45) is 5.37. The predicted molar refractivity (Wildman–Crippen MR) is 61.4 cm³/mol. The van der Waals surface area contributed by atoms with Crippen LogP contribution in [0, 0.1) is 0 Å². The molecule has 0 aliphatic heterocycles. The predicted octanol–water partition coefficient (Wildman–Crippen LogP) is 1.58. The van der Waals surface area contributed by atoms with E-state index in [9.17, 15) is 4.79 Å². The summed E-state index contributed by atoms with van der Waals surface area (Å²) in [7, 11) is 0. The molecule has 2 N–H and O–H groups in total. The third-order valence-electron chi connectivity index (χ3n) is 2.72. The van der Waals surface area contributed by atoms with Crippen molar-refractivity contribution in [2.45, 2.75) is 13.3 Å². The molecule has 0 saturated carbocycles. The van der Waals surface area contributed by atoms with Gasteiger partial charge in [-0.15, -0.1) is 0 Å². The van der Waals surface area contributed by atoms with Crippen molar-refractivity contribution in [2.75, 3.05) is 0 Å². The van der Waals surface area contributed by atoms with Gasteiger partial charge in [0.2, 0.25) is 0 Å². The van der Waals surface area contributed by atoms with Gasteiger partial charge in [-0.2, -0.15) is 0 Å². The molecule has 0 atom stereocenters. The Morgan fingerprint density at radius 3 is 3.11 bits per heavy atom. The van der Waals surface area contributed by atoms with Crippen LogP contribution in [0.4, 0.5) is 0 Å². The van der Waals surface area contributed by atoms with Crippen LogP contribution in [0.3, 0.4) is 0 Å². The van der Waals surface area contributed by atoms with Gasteiger partial charge in [0.05, 0.1) is 6.20 Å². The number of aromatic carboxylic acids is 1. The van der Waals surface area contributed by atoms with Crippen LogP contribution in [0.1, 0.15) is 23.1 Å². The molecule has 0 aromatic carbocycles. The van der Waals surface area contributed by atoms with Crippen LogP contribution in [0.5, 0.6) is 0 Å². The lowest BCUT2D eigenvalue weighted by Gasteiger charge is -1.92. The minimum atomic E-state index is -1.04. The Morgan fingerprint density at radius 1 is 1.61 bits per heavy atom. The van der Waals surface area contributed by atoms with Gasteiger partial charge in [0, 0.05) is 11.9 Å². The highest BCUT2D eigenvalue weighted by Gasteiger charge is 2.18. The Morgan fingerprint density at radius 2 is 2.44 bits per heavy atom. The van der Waals surface area contributed by atoms with Gasteiger partial charge >= 0.3 is 11.8 Å². The first-order valence-corrected chi connectivity index (χ1v) is 5.43. The van der Waals surface area contributed by atoms with Crippen molar-refractivity contribution in [3.05, 3.63) is 30.0 Å². The maximum absolute atomic E-state index is 11.1. The van der Waals surface area contributed by atoms with Crippen molar-refractivity contribution >= 4 is 11.8 Å². The van der Waals surface area contributed by atoms with Gasteiger partial charge in [-0.05, 0) is 6.42 Å². The number of aromatic amines is 1. The topological polar surface area (TPSA) is 96.4 Å². The first-order chi connectivity index (χ1) is 8.70. The number of hydrogen-bond acceptors (Lipinski definition) is 4. The lowest BCUT2D eigenvalue weighted by Crippen LogP contribution is -2.00. The molecule has 0 aliphatic rings. The standard InChI is InChI=1S/C11H10N4O3/c1-2-6-8(10(16)17)14-9(13-6)7-5-12-11-15(7)3-4-18-11/h3-5H,2H2,1H3,(H,13,14)(H,16,17). The zero-order valence-corrected chi connectivity index (χ0v) is 9.54. The lowest BCUT2D eigenvalue weighted by atomic mass is 10.3. The second-order valence-corrected chi connectivity index (χ2v) is 3.77. The van der Waals surface area contributed by atoms with Gasteiger partial charge < -0.3 is 14.5 Å². The summed E-state index contributed by atoms with van der Waals surface area (Å²) >= 11 is 0. The van der Waals surface area contributed by atoms with E-state index in [-0.39, 0.29) is 5.69 Å². The van der Waals surface area contributed by atoms with Crippen molar-refractivity contribution in [2.24, 2.45) is 0 Å². The number of carboxylic acids is 1. The Hall–Kier alpha value is -2.57. The number of nitrogens with zero attached hydrogens (tertiary/aromatic N) is 3. The van der Waals surface area contributed by atoms with E-state index in [0.717, 1.165) is 0 Å². The highest BCUT2D eigenvalue weighted by Crippen LogP contribution is 2.20. The number of fused-ring (bicyclic) bond motifs is 1. The van der Waals surface area contributed by atoms with Crippen LogP contribution in [0.15, 0.2) is 23.1 Å². The highest BCUT2D eigenvalue weighted by atomic mass is 16.4. The molecule has 92 valence electrons. The van der Waals surface area contributed by atoms with Gasteiger partial charge in [0.15, 0.2) is 11.5 Å². The van der Waals surface area contributed by atoms with E-state index in [1.807, 2.05) is 6.92 Å². The molecule has 0 amide bonds. The van der Waals surface area contributed by atoms with E-state index in [4.69, 9.17) is 9.52 Å². The molecular weight excluding hydrogens is 236 g/mol. The lowest BCUT2D eigenvalue weighted by molar-refractivity contribution is 0.0690. The monoisotopic (exact) mass is 246 g/mol. The van der Waals surface area contributed by atoms with E-state index in [0.29, 0.717) is 29.5 Å². The number of hydrogen-bond donors (Lipinski definition) is 2. The van der Waals surface area contributed by atoms with E-state index in [2.05, 4.69) is 15.0 Å². The summed E-state index contributed by atoms with van der Waals surface area (Å²) in [4.78, 5) is 22.2. The first-order valence-electron chi connectivity index (χ1n) is 5.43. The van der Waals surface area contributed by atoms with E-state index in [1.54, 1.807) is 16.8 Å². The largest absolute Gasteiger partial charge is 0.476 e. The van der Waals surface area contributed by atoms with Gasteiger partial charge in [-0.1, -0.05) is 6.92 Å². The maximum Gasteiger partial charge on any atom is 0.356 e. The molecule has 0 spiro atoms. The Kier molecular flexibility index (Phi) is 2.19. The quantitative estimate of drug-likeness (QED) is 0.731. The van der Waals surface area contributed by atoms with Crippen LogP contribution in [0.25, 0.3) is 17.4 Å². The smallest absolute Gasteiger partial charge is 0.356 e. The first kappa shape index (κ1) is 10.6. The molecular formula is C11H10N4O3. The molecule has 18 heavy (non-hydrogen) atoms. The zero-order valence-electron chi connectivity index (χ0n) is 9.54. The second kappa shape index (κ2) is 3.73. The Balaban J connectivity index is 2.18. The second-order valence-electron chi connectivity index (χ2n) is 3.77. The number of H-pyrrole nitrogens is 1. The van der Waals surface area contributed by atoms with E-state index >= 15 is 0 Å². The number of rotatable bonds is 3. The summed E-state index contributed by atoms with van der Waals surface area (Å²) in [5, 5.41) is 9.06. The molecule has 0 fully saturated rings. The summed E-state index contributed by atoms with van der Waals surface area (Å²) in [5.74, 6) is -0.128. The van der Waals surface area contributed by atoms with Gasteiger partial charge in [0.1, 0.15) is 12.0 Å². The summed E-state index contributed by atoms with van der Waals surface area (Å²) in [6, 6.07) is 0. The molecule has 0 aliphatic carbocycles. The number of carboxylic acid groups (broad SMARTS) is 1. The molecule has 7 nitrogen and oxygen atoms in total. The van der Waals surface area contributed by atoms with Gasteiger partial charge in [0.25, 0.3) is 0 Å². The van der Waals surface area contributed by atoms with Crippen LogP contribution in [0.2, 0.25) is 0 Å². The summed E-state index contributed by atoms with van der Waals surface area (Å²) in [6.45, 7) is 1.87. The molecule has 0 radical (unpaired) electrons. The Bertz CT molecular complexity index is 722. The van der Waals surface area contributed by atoms with E-state index in [1.165, 1.54) is 6.26 Å². The molecule has 0 saturated heterocycles. The average molecular weight is 246 g/mol. The number of aryl methyl sites for hydroxylation is 1. The van der Waals surface area contributed by atoms with E-state index < -0.39 is 5.97 Å². The van der Waals surface area contributed by atoms with Gasteiger partial charge in [-0.25, -0.2) is 14.8 Å². The fourth-order valence-corrected chi connectivity index (χ4v) is 1.87. The van der Waals surface area contributed by atoms with Crippen LogP contribution >= 0.6 is 0 Å². The number of aromatic nitrogens is 4. The molecule has 0 unspecified atom stereocenters. The number of oxazole rings is 1. The maximum atomic E-state index is 11.1. The fraction of sp³-hybridized carbons (Fsp3) is 0.182. The van der Waals surface area contributed by atoms with Crippen molar-refractivity contribution in [3.8, 4) is 11.5 Å². The molecule has 3 aromatic rings. The SMILES string of the molecule is CCc1[nH]c(-c2cnc3occn23)nc1C(=O)O. The third-order valence-corrected chi connectivity index (χ3v) is 2.72. The van der Waals surface area contributed by atoms with Crippen LogP contribution < -0.4 is 0 Å². The normalized spacial score (nSPS) is 11.2. The average Bonchev–Trinajstić information content (AvgIpc) is 3.02. The highest BCUT2D eigenvalue weighted by molar-refractivity contribution is 5.87. The molecule has 3 heterocycles. The van der Waals surface area contributed by atoms with Crippen molar-refractivity contribution in [1.29, 1.82) is 0 Å². The van der Waals surface area contributed by atoms with Crippen LogP contribution in [-0.2, 0) is 6.42 Å². The minimum absolute atomic E-state index is 0.0472. The van der Waals surface area contributed by atoms with Crippen molar-refractivity contribution in [3.63, 3.8) is 0 Å². The summed E-state index contributed by atoms with van der Waals surface area (Å²) < 4.78 is 6.82. The number of nitrogens with one attached hydrogen (secondary N) is 1.